The van der Waals surface area contributed by atoms with E-state index in [9.17, 15) is 0 Å². The van der Waals surface area contributed by atoms with Crippen molar-refractivity contribution < 1.29 is 0 Å². The molecule has 0 fully saturated rings. The van der Waals surface area contributed by atoms with Crippen molar-refractivity contribution in [2.45, 2.75) is 48.5 Å². The lowest BCUT2D eigenvalue weighted by Crippen LogP contribution is -2.13. The van der Waals surface area contributed by atoms with Gasteiger partial charge in [-0.05, 0) is 24.6 Å². The van der Waals surface area contributed by atoms with Gasteiger partial charge >= 0.3 is 0 Å². The molecule has 0 aromatic carbocycles. The van der Waals surface area contributed by atoms with Crippen molar-refractivity contribution in [1.82, 2.24) is 4.90 Å². The summed E-state index contributed by atoms with van der Waals surface area (Å²) in [4.78, 5) is 1.66. The molecule has 1 N–H and O–H groups in total. The van der Waals surface area contributed by atoms with Gasteiger partial charge in [-0.2, -0.15) is 0 Å². The molecule has 1 heterocycles. The summed E-state index contributed by atoms with van der Waals surface area (Å²) in [5.41, 5.74) is 2.01. The van der Waals surface area contributed by atoms with E-state index >= 15 is 0 Å². The Hall–Kier alpha value is -1.31. The van der Waals surface area contributed by atoms with Crippen LogP contribution >= 0.6 is 0 Å². The Morgan fingerprint density at radius 2 is 1.56 bits per heavy atom. The summed E-state index contributed by atoms with van der Waals surface area (Å²) in [5, 5.41) is 6.95. The van der Waals surface area contributed by atoms with E-state index in [1.165, 1.54) is 11.9 Å². The fourth-order valence-electron chi connectivity index (χ4n) is 0.805. The van der Waals surface area contributed by atoms with Crippen molar-refractivity contribution in [2.24, 2.45) is 0 Å². The van der Waals surface area contributed by atoms with Crippen LogP contribution in [0.4, 0.5) is 0 Å². The van der Waals surface area contributed by atoms with Crippen LogP contribution in [0.1, 0.15) is 48.5 Å². The van der Waals surface area contributed by atoms with Gasteiger partial charge in [-0.25, -0.2) is 0 Å². The van der Waals surface area contributed by atoms with E-state index < -0.39 is 0 Å². The van der Waals surface area contributed by atoms with Crippen LogP contribution in [0.2, 0.25) is 0 Å². The molecule has 0 aliphatic carbocycles. The Kier molecular flexibility index (Phi) is 20.3. The quantitative estimate of drug-likeness (QED) is 0.494. The minimum atomic E-state index is 0.843. The molecule has 0 bridgehead atoms. The molecule has 0 saturated heterocycles. The first-order valence-electron chi connectivity index (χ1n) is 6.08. The lowest BCUT2D eigenvalue weighted by molar-refractivity contribution is 0.723. The summed E-state index contributed by atoms with van der Waals surface area (Å²) in [5.74, 6) is 0. The van der Waals surface area contributed by atoms with E-state index in [0.717, 1.165) is 5.70 Å². The predicted octanol–water partition coefficient (Wildman–Crippen LogP) is 4.96. The average molecular weight is 224 g/mol. The van der Waals surface area contributed by atoms with Crippen molar-refractivity contribution >= 4 is 6.34 Å². The highest BCUT2D eigenvalue weighted by atomic mass is 15.1. The van der Waals surface area contributed by atoms with E-state index in [1.54, 1.807) is 4.90 Å². The van der Waals surface area contributed by atoms with Crippen molar-refractivity contribution in [3.05, 3.63) is 36.2 Å². The van der Waals surface area contributed by atoms with Gasteiger partial charge in [0.2, 0.25) is 0 Å². The molecule has 0 atom stereocenters. The van der Waals surface area contributed by atoms with Crippen LogP contribution in [0, 0.1) is 5.41 Å². The first-order chi connectivity index (χ1) is 7.74. The van der Waals surface area contributed by atoms with E-state index in [0.29, 0.717) is 0 Å². The smallest absolute Gasteiger partial charge is 0.0902 e. The van der Waals surface area contributed by atoms with Crippen LogP contribution in [-0.2, 0) is 0 Å². The number of nitrogens with zero attached hydrogens (tertiary/aromatic N) is 1. The van der Waals surface area contributed by atoms with Crippen LogP contribution in [0.3, 0.4) is 0 Å². The molecule has 0 saturated carbocycles. The van der Waals surface area contributed by atoms with Gasteiger partial charge in [-0.15, -0.1) is 0 Å². The largest absolute Gasteiger partial charge is 0.309 e. The molecule has 94 valence electrons. The van der Waals surface area contributed by atoms with Gasteiger partial charge in [0.1, 0.15) is 0 Å². The van der Waals surface area contributed by atoms with E-state index in [4.69, 9.17) is 5.41 Å². The molecule has 1 aliphatic heterocycles. The lowest BCUT2D eigenvalue weighted by atomic mass is 10.2. The molecule has 0 radical (unpaired) electrons. The Labute approximate surface area is 102 Å². The molecule has 1 rings (SSSR count). The zero-order valence-corrected chi connectivity index (χ0v) is 12.0. The highest BCUT2D eigenvalue weighted by molar-refractivity contribution is 5.59. The minimum Gasteiger partial charge on any atom is -0.309 e. The first kappa shape index (κ1) is 20.1. The number of allylic oxidation sites excluding steroid dienone is 3. The lowest BCUT2D eigenvalue weighted by Gasteiger charge is -2.17. The molecular formula is C14H28N2. The Morgan fingerprint density at radius 1 is 1.12 bits per heavy atom. The molecule has 0 aromatic rings. The second kappa shape index (κ2) is 16.1. The molecule has 1 aliphatic rings. The van der Waals surface area contributed by atoms with Gasteiger partial charge in [0.15, 0.2) is 0 Å². The first-order valence-corrected chi connectivity index (χ1v) is 6.08. The fraction of sp³-hybridized carbons (Fsp3) is 0.500. The third-order valence-electron chi connectivity index (χ3n) is 1.36. The summed E-state index contributed by atoms with van der Waals surface area (Å²) in [6.07, 6.45) is 6.94. The van der Waals surface area contributed by atoms with Gasteiger partial charge in [-0.3, -0.25) is 5.41 Å². The molecule has 0 aromatic heterocycles. The summed E-state index contributed by atoms with van der Waals surface area (Å²) in [6.45, 7) is 17.8. The van der Waals surface area contributed by atoms with E-state index in [2.05, 4.69) is 6.58 Å². The monoisotopic (exact) mass is 224 g/mol. The second-order valence-corrected chi connectivity index (χ2v) is 2.23. The minimum absolute atomic E-state index is 0.843. The molecule has 0 unspecified atom stereocenters. The van der Waals surface area contributed by atoms with Crippen molar-refractivity contribution in [1.29, 1.82) is 5.41 Å². The highest BCUT2D eigenvalue weighted by Gasteiger charge is 2.01. The predicted molar refractivity (Wildman–Crippen MR) is 76.7 cm³/mol. The van der Waals surface area contributed by atoms with Crippen LogP contribution in [-0.4, -0.2) is 11.2 Å². The van der Waals surface area contributed by atoms with Crippen LogP contribution < -0.4 is 0 Å². The molecule has 0 spiro atoms. The maximum Gasteiger partial charge on any atom is 0.0902 e. The van der Waals surface area contributed by atoms with Gasteiger partial charge in [-0.1, -0.05) is 48.1 Å². The molecule has 2 nitrogen and oxygen atoms in total. The van der Waals surface area contributed by atoms with Gasteiger partial charge in [0.25, 0.3) is 0 Å². The topological polar surface area (TPSA) is 27.1 Å². The van der Waals surface area contributed by atoms with E-state index in [-0.39, 0.29) is 0 Å². The standard InChI is InChI=1S/C8H10N2.3C2H6/c1-7-3-4-10(6-9)8(2)5-7;3*1-2/h3-6,9H,2H2,1H3;3*1-2H3. The normalized spacial score (nSPS) is 11.8. The molecular weight excluding hydrogens is 196 g/mol. The Bertz CT molecular complexity index is 225. The number of rotatable bonds is 1. The van der Waals surface area contributed by atoms with Crippen LogP contribution in [0.5, 0.6) is 0 Å². The zero-order valence-electron chi connectivity index (χ0n) is 12.0. The maximum atomic E-state index is 6.95. The summed E-state index contributed by atoms with van der Waals surface area (Å²) < 4.78 is 0. The summed E-state index contributed by atoms with van der Waals surface area (Å²) in [6, 6.07) is 0. The SMILES string of the molecule is C=C1C=C(C)C=CN1C=N.CC.CC.CC. The maximum absolute atomic E-state index is 6.95. The van der Waals surface area contributed by atoms with Crippen molar-refractivity contribution in [3.63, 3.8) is 0 Å². The zero-order chi connectivity index (χ0) is 13.6. The molecule has 0 amide bonds. The fourth-order valence-corrected chi connectivity index (χ4v) is 0.805. The van der Waals surface area contributed by atoms with Crippen LogP contribution in [0.15, 0.2) is 36.2 Å². The number of hydrogen-bond donors (Lipinski definition) is 1. The Balaban J connectivity index is -0.000000245. The van der Waals surface area contributed by atoms with Gasteiger partial charge in [0, 0.05) is 11.9 Å². The van der Waals surface area contributed by atoms with Crippen molar-refractivity contribution in [3.8, 4) is 0 Å². The van der Waals surface area contributed by atoms with E-state index in [1.807, 2.05) is 66.8 Å². The second-order valence-electron chi connectivity index (χ2n) is 2.23. The third-order valence-corrected chi connectivity index (χ3v) is 1.36. The van der Waals surface area contributed by atoms with Crippen LogP contribution in [0.25, 0.3) is 0 Å². The van der Waals surface area contributed by atoms with Gasteiger partial charge in [0.05, 0.1) is 6.34 Å². The summed E-state index contributed by atoms with van der Waals surface area (Å²) >= 11 is 0. The average Bonchev–Trinajstić information content (AvgIpc) is 2.37. The number of hydrogen-bond acceptors (Lipinski definition) is 1. The van der Waals surface area contributed by atoms with Gasteiger partial charge < -0.3 is 4.90 Å². The Morgan fingerprint density at radius 3 is 1.88 bits per heavy atom. The number of nitrogens with one attached hydrogen (secondary N) is 1. The molecule has 16 heavy (non-hydrogen) atoms. The molecule has 2 heteroatoms. The summed E-state index contributed by atoms with van der Waals surface area (Å²) in [7, 11) is 0. The third kappa shape index (κ3) is 9.25. The van der Waals surface area contributed by atoms with Crippen molar-refractivity contribution in [2.75, 3.05) is 0 Å². The highest BCUT2D eigenvalue weighted by Crippen LogP contribution is 2.12.